The first-order chi connectivity index (χ1) is 17.4. The van der Waals surface area contributed by atoms with Crippen molar-refractivity contribution in [3.05, 3.63) is 63.7 Å². The van der Waals surface area contributed by atoms with E-state index in [1.165, 1.54) is 31.4 Å². The predicted molar refractivity (Wildman–Crippen MR) is 123 cm³/mol. The lowest BCUT2D eigenvalue weighted by Crippen LogP contribution is -2.38. The number of rotatable bonds is 9. The molecule has 1 aliphatic heterocycles. The Kier molecular flexibility index (Phi) is 8.08. The van der Waals surface area contributed by atoms with Crippen LogP contribution in [0.2, 0.25) is 0 Å². The minimum absolute atomic E-state index is 0.0288. The molecule has 0 aliphatic carbocycles. The van der Waals surface area contributed by atoms with Crippen molar-refractivity contribution in [2.24, 2.45) is 0 Å². The monoisotopic (exact) mass is 505 g/mol. The Labute approximate surface area is 204 Å². The number of aliphatic hydroxyl groups is 1. The lowest BCUT2D eigenvalue weighted by atomic mass is 10.2. The lowest BCUT2D eigenvalue weighted by molar-refractivity contribution is -0.148. The summed E-state index contributed by atoms with van der Waals surface area (Å²) in [6.45, 7) is 0.434. The van der Waals surface area contributed by atoms with Crippen LogP contribution in [-0.4, -0.2) is 66.7 Å². The molecule has 3 aromatic rings. The summed E-state index contributed by atoms with van der Waals surface area (Å²) in [5, 5.41) is 11.5. The van der Waals surface area contributed by atoms with Gasteiger partial charge in [-0.1, -0.05) is 6.07 Å². The molecular formula is C24H25F2N3O7. The molecule has 2 unspecified atom stereocenters. The summed E-state index contributed by atoms with van der Waals surface area (Å²) >= 11 is 0. The van der Waals surface area contributed by atoms with E-state index in [1.54, 1.807) is 0 Å². The van der Waals surface area contributed by atoms with Crippen LogP contribution in [0.15, 0.2) is 35.1 Å². The molecule has 3 N–H and O–H groups in total. The van der Waals surface area contributed by atoms with E-state index in [2.05, 4.69) is 15.3 Å². The molecular weight excluding hydrogens is 480 g/mol. The number of aliphatic hydroxyl groups excluding tert-OH is 1. The Morgan fingerprint density at radius 1 is 1.19 bits per heavy atom. The van der Waals surface area contributed by atoms with E-state index in [0.29, 0.717) is 12.0 Å². The predicted octanol–water partition coefficient (Wildman–Crippen LogP) is 1.69. The molecule has 1 amide bonds. The Morgan fingerprint density at radius 3 is 2.67 bits per heavy atom. The van der Waals surface area contributed by atoms with Crippen molar-refractivity contribution >= 4 is 16.8 Å². The molecule has 192 valence electrons. The topological polar surface area (TPSA) is 132 Å². The van der Waals surface area contributed by atoms with E-state index in [4.69, 9.17) is 24.1 Å². The SMILES string of the molecule is COc1cc(CNC(=O)c2nc3ccc(F)c(OCCC4COC(CO)CO4)c3c(=O)[nH]2)ccc1F. The normalized spacial score (nSPS) is 17.7. The number of nitrogens with zero attached hydrogens (tertiary/aromatic N) is 1. The van der Waals surface area contributed by atoms with Crippen LogP contribution in [0.5, 0.6) is 11.5 Å². The van der Waals surface area contributed by atoms with Crippen LogP contribution in [-0.2, 0) is 16.0 Å². The number of aromatic nitrogens is 2. The van der Waals surface area contributed by atoms with Crippen molar-refractivity contribution in [2.45, 2.75) is 25.2 Å². The zero-order valence-corrected chi connectivity index (χ0v) is 19.4. The smallest absolute Gasteiger partial charge is 0.287 e. The van der Waals surface area contributed by atoms with E-state index < -0.39 is 23.1 Å². The third-order valence-corrected chi connectivity index (χ3v) is 5.59. The molecule has 2 heterocycles. The summed E-state index contributed by atoms with van der Waals surface area (Å²) in [4.78, 5) is 31.8. The van der Waals surface area contributed by atoms with Crippen LogP contribution in [0.25, 0.3) is 10.9 Å². The van der Waals surface area contributed by atoms with Crippen LogP contribution >= 0.6 is 0 Å². The van der Waals surface area contributed by atoms with Crippen LogP contribution in [0, 0.1) is 11.6 Å². The Balaban J connectivity index is 1.44. The Hall–Kier alpha value is -3.61. The summed E-state index contributed by atoms with van der Waals surface area (Å²) in [6.07, 6.45) is -0.292. The fourth-order valence-electron chi connectivity index (χ4n) is 3.65. The lowest BCUT2D eigenvalue weighted by Gasteiger charge is -2.28. The number of fused-ring (bicyclic) bond motifs is 1. The van der Waals surface area contributed by atoms with Gasteiger partial charge in [-0.05, 0) is 29.8 Å². The third-order valence-electron chi connectivity index (χ3n) is 5.59. The van der Waals surface area contributed by atoms with Crippen molar-refractivity contribution in [1.29, 1.82) is 0 Å². The zero-order chi connectivity index (χ0) is 25.7. The Bertz CT molecular complexity index is 1290. The molecule has 12 heteroatoms. The van der Waals surface area contributed by atoms with E-state index >= 15 is 0 Å². The number of ether oxygens (including phenoxy) is 4. The van der Waals surface area contributed by atoms with Gasteiger partial charge in [-0.25, -0.2) is 13.8 Å². The van der Waals surface area contributed by atoms with Crippen molar-refractivity contribution < 1.29 is 37.6 Å². The van der Waals surface area contributed by atoms with Crippen molar-refractivity contribution in [3.63, 3.8) is 0 Å². The summed E-state index contributed by atoms with van der Waals surface area (Å²) in [6, 6.07) is 6.51. The van der Waals surface area contributed by atoms with Gasteiger partial charge in [0.1, 0.15) is 11.5 Å². The first-order valence-electron chi connectivity index (χ1n) is 11.2. The van der Waals surface area contributed by atoms with Gasteiger partial charge in [0.25, 0.3) is 11.5 Å². The summed E-state index contributed by atoms with van der Waals surface area (Å²) in [5.41, 5.74) is -0.0975. The second kappa shape index (κ2) is 11.4. The molecule has 2 atom stereocenters. The van der Waals surface area contributed by atoms with Gasteiger partial charge in [0.05, 0.1) is 45.2 Å². The number of methoxy groups -OCH3 is 1. The molecule has 4 rings (SSSR count). The quantitative estimate of drug-likeness (QED) is 0.400. The maximum absolute atomic E-state index is 14.5. The third kappa shape index (κ3) is 5.78. The number of halogens is 2. The molecule has 1 saturated heterocycles. The standard InChI is InChI=1S/C24H25F2N3O7/c1-33-19-8-13(2-3-16(19)25)9-27-24(32)22-28-18-5-4-17(26)21(20(18)23(31)29-22)34-7-6-14-11-36-15(10-30)12-35-14/h2-5,8,14-15,30H,6-7,9-12H2,1H3,(H,27,32)(H,28,29,31). The second-order valence-corrected chi connectivity index (χ2v) is 8.07. The number of hydrogen-bond acceptors (Lipinski definition) is 8. The highest BCUT2D eigenvalue weighted by molar-refractivity contribution is 5.93. The van der Waals surface area contributed by atoms with Gasteiger partial charge in [0.15, 0.2) is 29.0 Å². The number of amides is 1. The van der Waals surface area contributed by atoms with Crippen molar-refractivity contribution in [3.8, 4) is 11.5 Å². The van der Waals surface area contributed by atoms with E-state index in [1.807, 2.05) is 0 Å². The van der Waals surface area contributed by atoms with Crippen LogP contribution < -0.4 is 20.3 Å². The van der Waals surface area contributed by atoms with Crippen LogP contribution in [0.1, 0.15) is 22.6 Å². The summed E-state index contributed by atoms with van der Waals surface area (Å²) in [7, 11) is 1.33. The number of nitrogens with one attached hydrogen (secondary N) is 2. The Morgan fingerprint density at radius 2 is 1.94 bits per heavy atom. The summed E-state index contributed by atoms with van der Waals surface area (Å²) < 4.78 is 49.6. The van der Waals surface area contributed by atoms with Gasteiger partial charge >= 0.3 is 0 Å². The molecule has 1 fully saturated rings. The van der Waals surface area contributed by atoms with E-state index in [0.717, 1.165) is 6.07 Å². The highest BCUT2D eigenvalue weighted by Gasteiger charge is 2.23. The second-order valence-electron chi connectivity index (χ2n) is 8.07. The maximum atomic E-state index is 14.5. The van der Waals surface area contributed by atoms with Crippen LogP contribution in [0.3, 0.4) is 0 Å². The van der Waals surface area contributed by atoms with Crippen LogP contribution in [0.4, 0.5) is 8.78 Å². The molecule has 10 nitrogen and oxygen atoms in total. The first kappa shape index (κ1) is 25.5. The molecule has 0 saturated carbocycles. The first-order valence-corrected chi connectivity index (χ1v) is 11.2. The highest BCUT2D eigenvalue weighted by atomic mass is 19.1. The molecule has 1 aromatic heterocycles. The average Bonchev–Trinajstić information content (AvgIpc) is 2.89. The van der Waals surface area contributed by atoms with Gasteiger partial charge in [-0.2, -0.15) is 0 Å². The van der Waals surface area contributed by atoms with Gasteiger partial charge in [-0.3, -0.25) is 9.59 Å². The highest BCUT2D eigenvalue weighted by Crippen LogP contribution is 2.26. The fourth-order valence-corrected chi connectivity index (χ4v) is 3.65. The molecule has 0 radical (unpaired) electrons. The molecule has 0 bridgehead atoms. The molecule has 1 aliphatic rings. The number of benzene rings is 2. The number of H-pyrrole nitrogens is 1. The average molecular weight is 505 g/mol. The fraction of sp³-hybridized carbons (Fsp3) is 0.375. The maximum Gasteiger partial charge on any atom is 0.287 e. The van der Waals surface area contributed by atoms with E-state index in [-0.39, 0.29) is 73.4 Å². The minimum Gasteiger partial charge on any atom is -0.494 e. The van der Waals surface area contributed by atoms with Gasteiger partial charge in [-0.15, -0.1) is 0 Å². The molecule has 2 aromatic carbocycles. The number of carbonyl (C=O) groups excluding carboxylic acids is 1. The zero-order valence-electron chi connectivity index (χ0n) is 19.4. The number of hydrogen-bond donors (Lipinski definition) is 3. The minimum atomic E-state index is -0.751. The van der Waals surface area contributed by atoms with Crippen molar-refractivity contribution in [1.82, 2.24) is 15.3 Å². The van der Waals surface area contributed by atoms with Gasteiger partial charge < -0.3 is 34.4 Å². The van der Waals surface area contributed by atoms with Gasteiger partial charge in [0, 0.05) is 13.0 Å². The van der Waals surface area contributed by atoms with Gasteiger partial charge in [0.2, 0.25) is 0 Å². The van der Waals surface area contributed by atoms with Crippen molar-refractivity contribution in [2.75, 3.05) is 33.5 Å². The number of aromatic amines is 1. The molecule has 36 heavy (non-hydrogen) atoms. The largest absolute Gasteiger partial charge is 0.494 e. The summed E-state index contributed by atoms with van der Waals surface area (Å²) in [5.74, 6) is -2.49. The number of carbonyl (C=O) groups is 1. The molecule has 0 spiro atoms. The van der Waals surface area contributed by atoms with E-state index in [9.17, 15) is 18.4 Å².